The summed E-state index contributed by atoms with van der Waals surface area (Å²) in [6, 6.07) is 0. The number of H-pyrrole nitrogens is 2. The molecule has 1 unspecified atom stereocenters. The number of hydrogen-bond donors (Lipinski definition) is 2. The molecule has 0 radical (unpaired) electrons. The highest BCUT2D eigenvalue weighted by Crippen LogP contribution is 2.18. The van der Waals surface area contributed by atoms with Crippen molar-refractivity contribution < 1.29 is 0 Å². The maximum atomic E-state index is 4.14. The van der Waals surface area contributed by atoms with Gasteiger partial charge in [-0.15, -0.1) is 0 Å². The lowest BCUT2D eigenvalue weighted by atomic mass is 10.0. The highest BCUT2D eigenvalue weighted by atomic mass is 15.2. The molecule has 0 amide bonds. The molecular weight excluding hydrogens is 180 g/mol. The average molecular weight is 192 g/mol. The number of hydrogen-bond acceptors (Lipinski definition) is 4. The van der Waals surface area contributed by atoms with Crippen LogP contribution in [0, 0.1) is 0 Å². The second-order valence-corrected chi connectivity index (χ2v) is 3.11. The van der Waals surface area contributed by atoms with Gasteiger partial charge in [0.1, 0.15) is 24.3 Å². The minimum Gasteiger partial charge on any atom is -0.263 e. The van der Waals surface area contributed by atoms with Crippen LogP contribution in [0.25, 0.3) is 0 Å². The molecule has 2 aromatic heterocycles. The predicted molar refractivity (Wildman–Crippen MR) is 49.5 cm³/mol. The molecule has 6 nitrogen and oxygen atoms in total. The molecule has 0 aliphatic rings. The Morgan fingerprint density at radius 2 is 2.00 bits per heavy atom. The van der Waals surface area contributed by atoms with Crippen LogP contribution in [0.15, 0.2) is 12.7 Å². The minimum atomic E-state index is 0.324. The molecule has 14 heavy (non-hydrogen) atoms. The molecule has 0 aliphatic heterocycles. The average Bonchev–Trinajstić information content (AvgIpc) is 2.86. The van der Waals surface area contributed by atoms with E-state index in [-0.39, 0.29) is 0 Å². The van der Waals surface area contributed by atoms with Crippen LogP contribution in [0.2, 0.25) is 0 Å². The van der Waals surface area contributed by atoms with Crippen LogP contribution in [0.5, 0.6) is 0 Å². The molecule has 74 valence electrons. The van der Waals surface area contributed by atoms with E-state index in [0.29, 0.717) is 5.92 Å². The van der Waals surface area contributed by atoms with E-state index in [0.717, 1.165) is 24.5 Å². The molecule has 0 aromatic carbocycles. The Balaban J connectivity index is 2.08. The van der Waals surface area contributed by atoms with Crippen molar-refractivity contribution in [2.45, 2.75) is 25.7 Å². The molecule has 0 fully saturated rings. The van der Waals surface area contributed by atoms with Crippen molar-refractivity contribution in [1.29, 1.82) is 0 Å². The summed E-state index contributed by atoms with van der Waals surface area (Å²) in [5.74, 6) is 2.11. The molecule has 0 bridgehead atoms. The Kier molecular flexibility index (Phi) is 2.53. The molecule has 0 saturated heterocycles. The van der Waals surface area contributed by atoms with Gasteiger partial charge in [0.2, 0.25) is 0 Å². The van der Waals surface area contributed by atoms with E-state index in [1.165, 1.54) is 12.7 Å². The first-order valence-electron chi connectivity index (χ1n) is 4.59. The number of nitrogens with one attached hydrogen (secondary N) is 2. The van der Waals surface area contributed by atoms with Crippen molar-refractivity contribution in [3.05, 3.63) is 24.3 Å². The van der Waals surface area contributed by atoms with E-state index in [4.69, 9.17) is 0 Å². The molecule has 2 N–H and O–H groups in total. The molecular formula is C8H12N6. The molecule has 0 aliphatic carbocycles. The largest absolute Gasteiger partial charge is 0.263 e. The number of aromatic amines is 2. The SMILES string of the molecule is CCC(Cc1ncn[nH]1)c1ncn[nH]1. The lowest BCUT2D eigenvalue weighted by molar-refractivity contribution is 0.603. The molecule has 0 spiro atoms. The maximum Gasteiger partial charge on any atom is 0.137 e. The van der Waals surface area contributed by atoms with E-state index in [1.807, 2.05) is 0 Å². The van der Waals surface area contributed by atoms with E-state index >= 15 is 0 Å². The van der Waals surface area contributed by atoms with Gasteiger partial charge in [-0.2, -0.15) is 10.2 Å². The number of aromatic nitrogens is 6. The van der Waals surface area contributed by atoms with Crippen LogP contribution in [-0.2, 0) is 6.42 Å². The van der Waals surface area contributed by atoms with Gasteiger partial charge in [0.05, 0.1) is 0 Å². The third-order valence-corrected chi connectivity index (χ3v) is 2.22. The van der Waals surface area contributed by atoms with Gasteiger partial charge >= 0.3 is 0 Å². The van der Waals surface area contributed by atoms with Crippen LogP contribution >= 0.6 is 0 Å². The zero-order chi connectivity index (χ0) is 9.80. The summed E-state index contributed by atoms with van der Waals surface area (Å²) < 4.78 is 0. The zero-order valence-electron chi connectivity index (χ0n) is 7.94. The molecule has 6 heteroatoms. The fourth-order valence-corrected chi connectivity index (χ4v) is 1.41. The first kappa shape index (κ1) is 8.86. The molecule has 1 atom stereocenters. The van der Waals surface area contributed by atoms with Crippen molar-refractivity contribution in [2.75, 3.05) is 0 Å². The standard InChI is InChI=1S/C8H12N6/c1-2-6(8-10-5-12-14-8)3-7-9-4-11-13-7/h4-6H,2-3H2,1H3,(H,9,11,13)(H,10,12,14). The van der Waals surface area contributed by atoms with Crippen molar-refractivity contribution in [1.82, 2.24) is 30.4 Å². The summed E-state index contributed by atoms with van der Waals surface area (Å²) >= 11 is 0. The summed E-state index contributed by atoms with van der Waals surface area (Å²) in [5, 5.41) is 13.4. The lowest BCUT2D eigenvalue weighted by Crippen LogP contribution is -2.05. The Hall–Kier alpha value is -1.72. The Morgan fingerprint density at radius 1 is 1.21 bits per heavy atom. The van der Waals surface area contributed by atoms with Crippen molar-refractivity contribution in [3.63, 3.8) is 0 Å². The van der Waals surface area contributed by atoms with Crippen molar-refractivity contribution >= 4 is 0 Å². The maximum absolute atomic E-state index is 4.14. The third-order valence-electron chi connectivity index (χ3n) is 2.22. The lowest BCUT2D eigenvalue weighted by Gasteiger charge is -2.08. The van der Waals surface area contributed by atoms with Gasteiger partial charge < -0.3 is 0 Å². The summed E-state index contributed by atoms with van der Waals surface area (Å²) in [6.07, 6.45) is 4.85. The van der Waals surface area contributed by atoms with Crippen LogP contribution in [0.4, 0.5) is 0 Å². The van der Waals surface area contributed by atoms with E-state index in [2.05, 4.69) is 37.3 Å². The summed E-state index contributed by atoms with van der Waals surface area (Å²) in [6.45, 7) is 2.11. The molecule has 2 aromatic rings. The quantitative estimate of drug-likeness (QED) is 0.745. The van der Waals surface area contributed by atoms with Gasteiger partial charge in [0.25, 0.3) is 0 Å². The summed E-state index contributed by atoms with van der Waals surface area (Å²) in [5.41, 5.74) is 0. The fourth-order valence-electron chi connectivity index (χ4n) is 1.41. The van der Waals surface area contributed by atoms with Gasteiger partial charge in [0, 0.05) is 12.3 Å². The summed E-state index contributed by atoms with van der Waals surface area (Å²) in [4.78, 5) is 8.22. The van der Waals surface area contributed by atoms with Gasteiger partial charge in [-0.25, -0.2) is 9.97 Å². The van der Waals surface area contributed by atoms with Crippen molar-refractivity contribution in [3.8, 4) is 0 Å². The minimum absolute atomic E-state index is 0.324. The number of nitrogens with zero attached hydrogens (tertiary/aromatic N) is 4. The van der Waals surface area contributed by atoms with Gasteiger partial charge in [-0.1, -0.05) is 6.92 Å². The number of rotatable bonds is 4. The predicted octanol–water partition coefficient (Wildman–Crippen LogP) is 0.659. The third kappa shape index (κ3) is 1.78. The van der Waals surface area contributed by atoms with Crippen LogP contribution in [-0.4, -0.2) is 30.4 Å². The van der Waals surface area contributed by atoms with Crippen LogP contribution in [0.1, 0.15) is 30.9 Å². The Morgan fingerprint density at radius 3 is 2.57 bits per heavy atom. The second kappa shape index (κ2) is 3.99. The van der Waals surface area contributed by atoms with Gasteiger partial charge in [-0.3, -0.25) is 10.2 Å². The van der Waals surface area contributed by atoms with E-state index < -0.39 is 0 Å². The highest BCUT2D eigenvalue weighted by molar-refractivity contribution is 4.98. The van der Waals surface area contributed by atoms with E-state index in [9.17, 15) is 0 Å². The smallest absolute Gasteiger partial charge is 0.137 e. The van der Waals surface area contributed by atoms with Crippen LogP contribution in [0.3, 0.4) is 0 Å². The van der Waals surface area contributed by atoms with Gasteiger partial charge in [0.15, 0.2) is 0 Å². The Bertz CT molecular complexity index is 351. The highest BCUT2D eigenvalue weighted by Gasteiger charge is 2.14. The molecule has 2 heterocycles. The Labute approximate surface area is 81.2 Å². The monoisotopic (exact) mass is 192 g/mol. The molecule has 2 rings (SSSR count). The molecule has 0 saturated carbocycles. The van der Waals surface area contributed by atoms with E-state index in [1.54, 1.807) is 0 Å². The van der Waals surface area contributed by atoms with Crippen LogP contribution < -0.4 is 0 Å². The normalized spacial score (nSPS) is 12.9. The van der Waals surface area contributed by atoms with Gasteiger partial charge in [-0.05, 0) is 6.42 Å². The first-order valence-corrected chi connectivity index (χ1v) is 4.59. The summed E-state index contributed by atoms with van der Waals surface area (Å²) in [7, 11) is 0. The zero-order valence-corrected chi connectivity index (χ0v) is 7.94. The fraction of sp³-hybridized carbons (Fsp3) is 0.500. The first-order chi connectivity index (χ1) is 6.90. The second-order valence-electron chi connectivity index (χ2n) is 3.11. The van der Waals surface area contributed by atoms with Crippen molar-refractivity contribution in [2.24, 2.45) is 0 Å². The topological polar surface area (TPSA) is 83.1 Å².